The van der Waals surface area contributed by atoms with Crippen LogP contribution >= 0.6 is 0 Å². The third kappa shape index (κ3) is 1.73. The van der Waals surface area contributed by atoms with Gasteiger partial charge in [-0.1, -0.05) is 6.07 Å². The van der Waals surface area contributed by atoms with E-state index in [0.717, 1.165) is 5.52 Å². The number of carbonyl (C=O) groups is 1. The maximum atomic E-state index is 10.7. The summed E-state index contributed by atoms with van der Waals surface area (Å²) < 4.78 is 0. The van der Waals surface area contributed by atoms with Crippen LogP contribution in [-0.4, -0.2) is 21.0 Å². The topological polar surface area (TPSA) is 89.8 Å². The third-order valence-electron chi connectivity index (χ3n) is 2.39. The molecule has 0 aliphatic rings. The summed E-state index contributed by atoms with van der Waals surface area (Å²) in [4.78, 5) is 17.7. The Bertz CT molecular complexity index is 580. The number of benzene rings is 1. The number of hydrogen-bond donors (Lipinski definition) is 2. The van der Waals surface area contributed by atoms with E-state index in [0.29, 0.717) is 16.6 Å². The number of aromatic amines is 1. The zero-order chi connectivity index (χ0) is 11.5. The van der Waals surface area contributed by atoms with Gasteiger partial charge in [0.1, 0.15) is 0 Å². The van der Waals surface area contributed by atoms with Gasteiger partial charge < -0.3 is 10.1 Å². The van der Waals surface area contributed by atoms with E-state index in [9.17, 15) is 4.79 Å². The van der Waals surface area contributed by atoms with Gasteiger partial charge >= 0.3 is 5.97 Å². The second-order valence-corrected chi connectivity index (χ2v) is 3.41. The first-order valence-corrected chi connectivity index (χ1v) is 4.75. The Morgan fingerprint density at radius 3 is 3.06 bits per heavy atom. The smallest absolute Gasteiger partial charge is 0.307 e. The zero-order valence-electron chi connectivity index (χ0n) is 8.40. The minimum absolute atomic E-state index is 0.0835. The lowest BCUT2D eigenvalue weighted by molar-refractivity contribution is -0.136. The van der Waals surface area contributed by atoms with Gasteiger partial charge in [-0.2, -0.15) is 5.26 Å². The van der Waals surface area contributed by atoms with Gasteiger partial charge in [-0.25, -0.2) is 4.98 Å². The SMILES string of the molecule is N#CCc1c(CC(=O)O)ccc2[nH]cnc12. The molecule has 0 fully saturated rings. The molecule has 0 atom stereocenters. The molecule has 5 nitrogen and oxygen atoms in total. The molecule has 1 aromatic heterocycles. The summed E-state index contributed by atoms with van der Waals surface area (Å²) in [6.45, 7) is 0. The van der Waals surface area contributed by atoms with Crippen LogP contribution in [0.4, 0.5) is 0 Å². The fourth-order valence-electron chi connectivity index (χ4n) is 1.71. The highest BCUT2D eigenvalue weighted by molar-refractivity contribution is 5.82. The van der Waals surface area contributed by atoms with Crippen molar-refractivity contribution in [2.45, 2.75) is 12.8 Å². The Kier molecular flexibility index (Phi) is 2.56. The van der Waals surface area contributed by atoms with Crippen molar-refractivity contribution in [1.29, 1.82) is 5.26 Å². The number of aliphatic carboxylic acids is 1. The number of nitriles is 1. The van der Waals surface area contributed by atoms with Crippen molar-refractivity contribution >= 4 is 17.0 Å². The first-order valence-electron chi connectivity index (χ1n) is 4.75. The summed E-state index contributed by atoms with van der Waals surface area (Å²) in [5.74, 6) is -0.908. The van der Waals surface area contributed by atoms with Crippen molar-refractivity contribution in [1.82, 2.24) is 9.97 Å². The number of H-pyrrole nitrogens is 1. The summed E-state index contributed by atoms with van der Waals surface area (Å²) in [5.41, 5.74) is 2.84. The maximum absolute atomic E-state index is 10.7. The van der Waals surface area contributed by atoms with E-state index in [1.54, 1.807) is 12.1 Å². The molecule has 0 spiro atoms. The van der Waals surface area contributed by atoms with Gasteiger partial charge in [0.05, 0.1) is 36.3 Å². The van der Waals surface area contributed by atoms with Gasteiger partial charge in [0.25, 0.3) is 0 Å². The lowest BCUT2D eigenvalue weighted by Crippen LogP contribution is -2.04. The number of nitrogens with zero attached hydrogens (tertiary/aromatic N) is 2. The number of hydrogen-bond acceptors (Lipinski definition) is 3. The van der Waals surface area contributed by atoms with Gasteiger partial charge in [0.2, 0.25) is 0 Å². The first-order chi connectivity index (χ1) is 7.72. The molecule has 2 aromatic rings. The zero-order valence-corrected chi connectivity index (χ0v) is 8.40. The minimum Gasteiger partial charge on any atom is -0.481 e. The van der Waals surface area contributed by atoms with Gasteiger partial charge in [-0.15, -0.1) is 0 Å². The highest BCUT2D eigenvalue weighted by atomic mass is 16.4. The molecule has 5 heteroatoms. The number of carboxylic acids is 1. The van der Waals surface area contributed by atoms with Crippen LogP contribution in [0.25, 0.3) is 11.0 Å². The summed E-state index contributed by atoms with van der Waals surface area (Å²) in [6.07, 6.45) is 1.63. The van der Waals surface area contributed by atoms with Gasteiger partial charge in [-0.3, -0.25) is 4.79 Å². The van der Waals surface area contributed by atoms with E-state index in [1.165, 1.54) is 6.33 Å². The molecule has 0 aliphatic heterocycles. The Hall–Kier alpha value is -2.35. The van der Waals surface area contributed by atoms with E-state index in [-0.39, 0.29) is 12.8 Å². The van der Waals surface area contributed by atoms with Gasteiger partial charge in [0.15, 0.2) is 0 Å². The third-order valence-corrected chi connectivity index (χ3v) is 2.39. The average Bonchev–Trinajstić information content (AvgIpc) is 2.69. The summed E-state index contributed by atoms with van der Waals surface area (Å²) in [7, 11) is 0. The quantitative estimate of drug-likeness (QED) is 0.806. The second-order valence-electron chi connectivity index (χ2n) is 3.41. The van der Waals surface area contributed by atoms with Crippen molar-refractivity contribution in [3.8, 4) is 6.07 Å². The molecule has 2 rings (SSSR count). The predicted octanol–water partition coefficient (Wildman–Crippen LogP) is 1.26. The number of aromatic nitrogens is 2. The van der Waals surface area contributed by atoms with Crippen molar-refractivity contribution in [2.75, 3.05) is 0 Å². The normalized spacial score (nSPS) is 10.2. The van der Waals surface area contributed by atoms with Crippen LogP contribution in [0, 0.1) is 11.3 Å². The lowest BCUT2D eigenvalue weighted by Gasteiger charge is -2.04. The monoisotopic (exact) mass is 215 g/mol. The van der Waals surface area contributed by atoms with E-state index >= 15 is 0 Å². The van der Waals surface area contributed by atoms with Crippen LogP contribution < -0.4 is 0 Å². The molecule has 80 valence electrons. The summed E-state index contributed by atoms with van der Waals surface area (Å²) in [5, 5.41) is 17.5. The van der Waals surface area contributed by atoms with Gasteiger partial charge in [-0.05, 0) is 17.2 Å². The van der Waals surface area contributed by atoms with Crippen molar-refractivity contribution < 1.29 is 9.90 Å². The molecule has 0 aliphatic carbocycles. The molecular formula is C11H9N3O2. The molecule has 2 N–H and O–H groups in total. The number of rotatable bonds is 3. The van der Waals surface area contributed by atoms with Crippen molar-refractivity contribution in [3.63, 3.8) is 0 Å². The lowest BCUT2D eigenvalue weighted by atomic mass is 10.0. The Labute approximate surface area is 91.3 Å². The maximum Gasteiger partial charge on any atom is 0.307 e. The number of imidazole rings is 1. The predicted molar refractivity (Wildman–Crippen MR) is 56.8 cm³/mol. The first kappa shape index (κ1) is 10.2. The van der Waals surface area contributed by atoms with E-state index in [2.05, 4.69) is 9.97 Å². The Balaban J connectivity index is 2.59. The van der Waals surface area contributed by atoms with Crippen LogP contribution in [0.2, 0.25) is 0 Å². The van der Waals surface area contributed by atoms with Gasteiger partial charge in [0, 0.05) is 0 Å². The molecule has 1 heterocycles. The number of nitrogens with one attached hydrogen (secondary N) is 1. The van der Waals surface area contributed by atoms with Crippen LogP contribution in [0.1, 0.15) is 11.1 Å². The highest BCUT2D eigenvalue weighted by Gasteiger charge is 2.11. The van der Waals surface area contributed by atoms with Crippen LogP contribution in [0.15, 0.2) is 18.5 Å². The van der Waals surface area contributed by atoms with Crippen LogP contribution in [-0.2, 0) is 17.6 Å². The second kappa shape index (κ2) is 4.03. The highest BCUT2D eigenvalue weighted by Crippen LogP contribution is 2.20. The van der Waals surface area contributed by atoms with E-state index < -0.39 is 5.97 Å². The molecule has 1 aromatic carbocycles. The fraction of sp³-hybridized carbons (Fsp3) is 0.182. The minimum atomic E-state index is -0.908. The number of fused-ring (bicyclic) bond motifs is 1. The van der Waals surface area contributed by atoms with E-state index in [4.69, 9.17) is 10.4 Å². The molecule has 0 amide bonds. The molecule has 0 saturated carbocycles. The number of carboxylic acid groups (broad SMARTS) is 1. The van der Waals surface area contributed by atoms with Crippen molar-refractivity contribution in [2.24, 2.45) is 0 Å². The molecule has 0 bridgehead atoms. The molecule has 16 heavy (non-hydrogen) atoms. The van der Waals surface area contributed by atoms with Crippen LogP contribution in [0.3, 0.4) is 0 Å². The standard InChI is InChI=1S/C11H9N3O2/c12-4-3-8-7(5-10(15)16)1-2-9-11(8)14-6-13-9/h1-2,6H,3,5H2,(H,13,14)(H,15,16). The Morgan fingerprint density at radius 2 is 2.38 bits per heavy atom. The van der Waals surface area contributed by atoms with Crippen LogP contribution in [0.5, 0.6) is 0 Å². The summed E-state index contributed by atoms with van der Waals surface area (Å²) in [6, 6.07) is 5.54. The summed E-state index contributed by atoms with van der Waals surface area (Å²) >= 11 is 0. The fourth-order valence-corrected chi connectivity index (χ4v) is 1.71. The molecule has 0 saturated heterocycles. The molecular weight excluding hydrogens is 206 g/mol. The molecule has 0 unspecified atom stereocenters. The van der Waals surface area contributed by atoms with E-state index in [1.807, 2.05) is 6.07 Å². The Morgan fingerprint density at radius 1 is 1.56 bits per heavy atom. The van der Waals surface area contributed by atoms with Crippen molar-refractivity contribution in [3.05, 3.63) is 29.6 Å². The average molecular weight is 215 g/mol. The largest absolute Gasteiger partial charge is 0.481 e. The molecule has 0 radical (unpaired) electrons.